The van der Waals surface area contributed by atoms with Crippen molar-refractivity contribution in [3.05, 3.63) is 51.6 Å². The summed E-state index contributed by atoms with van der Waals surface area (Å²) in [6, 6.07) is 3.76. The lowest BCUT2D eigenvalue weighted by Gasteiger charge is -2.42. The number of carbonyl (C=O) groups is 3. The first kappa shape index (κ1) is 27.2. The minimum absolute atomic E-state index is 0.0119. The summed E-state index contributed by atoms with van der Waals surface area (Å²) in [5.74, 6) is -3.07. The van der Waals surface area contributed by atoms with Crippen LogP contribution in [0.4, 0.5) is 0 Å². The number of aliphatic hydroxyl groups excluding tert-OH is 1. The molecule has 5 unspecified atom stereocenters. The first-order chi connectivity index (χ1) is 18.4. The highest BCUT2D eigenvalue weighted by Crippen LogP contribution is 2.52. The van der Waals surface area contributed by atoms with Gasteiger partial charge in [-0.2, -0.15) is 0 Å². The van der Waals surface area contributed by atoms with Crippen LogP contribution in [-0.2, 0) is 20.7 Å². The van der Waals surface area contributed by atoms with E-state index in [4.69, 9.17) is 19.9 Å². The lowest BCUT2D eigenvalue weighted by molar-refractivity contribution is -0.247. The number of phenolic OH excluding ortho intramolecular Hbond substituents is 2. The van der Waals surface area contributed by atoms with E-state index in [-0.39, 0.29) is 47.3 Å². The van der Waals surface area contributed by atoms with Crippen LogP contribution in [0.25, 0.3) is 0 Å². The van der Waals surface area contributed by atoms with Gasteiger partial charge in [-0.15, -0.1) is 0 Å². The number of hydrogen-bond acceptors (Lipinski definition) is 11. The Morgan fingerprint density at radius 3 is 2.49 bits per heavy atom. The fourth-order valence-corrected chi connectivity index (χ4v) is 5.93. The van der Waals surface area contributed by atoms with Gasteiger partial charge in [0.15, 0.2) is 17.9 Å². The highest BCUT2D eigenvalue weighted by molar-refractivity contribution is 6.31. The van der Waals surface area contributed by atoms with Crippen LogP contribution in [0.15, 0.2) is 18.2 Å². The fourth-order valence-electron chi connectivity index (χ4n) is 5.93. The summed E-state index contributed by atoms with van der Waals surface area (Å²) in [7, 11) is 1.34. The first-order valence-corrected chi connectivity index (χ1v) is 12.8. The fraction of sp³-hybridized carbons (Fsp3) is 0.464. The largest absolute Gasteiger partial charge is 0.507 e. The van der Waals surface area contributed by atoms with Crippen LogP contribution < -0.4 is 10.5 Å². The second-order valence-corrected chi connectivity index (χ2v) is 10.4. The van der Waals surface area contributed by atoms with Crippen molar-refractivity contribution in [1.82, 2.24) is 0 Å². The molecular weight excluding hydrogens is 510 g/mol. The van der Waals surface area contributed by atoms with Gasteiger partial charge < -0.3 is 40.4 Å². The number of aliphatic hydroxyl groups is 2. The zero-order chi connectivity index (χ0) is 28.4. The maximum atomic E-state index is 13.7. The Labute approximate surface area is 224 Å². The molecule has 6 atom stereocenters. The van der Waals surface area contributed by atoms with Crippen molar-refractivity contribution < 1.29 is 49.0 Å². The van der Waals surface area contributed by atoms with Crippen LogP contribution in [0.1, 0.15) is 82.2 Å². The predicted molar refractivity (Wildman–Crippen MR) is 135 cm³/mol. The van der Waals surface area contributed by atoms with Gasteiger partial charge in [-0.05, 0) is 13.0 Å². The van der Waals surface area contributed by atoms with E-state index in [1.807, 2.05) is 0 Å². The van der Waals surface area contributed by atoms with Gasteiger partial charge in [0, 0.05) is 48.4 Å². The van der Waals surface area contributed by atoms with Gasteiger partial charge in [0.2, 0.25) is 5.78 Å². The zero-order valence-electron chi connectivity index (χ0n) is 21.8. The number of Topliss-reactive ketones (excluding diaryl/α,β-unsaturated/α-hetero) is 1. The Morgan fingerprint density at radius 1 is 1.15 bits per heavy atom. The molecule has 1 heterocycles. The predicted octanol–water partition coefficient (Wildman–Crippen LogP) is 1.42. The molecule has 1 fully saturated rings. The summed E-state index contributed by atoms with van der Waals surface area (Å²) in [4.78, 5) is 40.1. The van der Waals surface area contributed by atoms with Gasteiger partial charge >= 0.3 is 0 Å². The molecule has 39 heavy (non-hydrogen) atoms. The van der Waals surface area contributed by atoms with Gasteiger partial charge in [-0.25, -0.2) is 0 Å². The smallest absolute Gasteiger partial charge is 0.202 e. The molecule has 0 radical (unpaired) electrons. The average molecular weight is 542 g/mol. The van der Waals surface area contributed by atoms with Crippen LogP contribution >= 0.6 is 0 Å². The minimum atomic E-state index is -1.99. The molecule has 0 spiro atoms. The summed E-state index contributed by atoms with van der Waals surface area (Å²) in [5.41, 5.74) is 3.03. The molecule has 2 aromatic rings. The zero-order valence-corrected chi connectivity index (χ0v) is 21.8. The molecule has 11 nitrogen and oxygen atoms in total. The SMILES string of the molecule is CCC(=O)C1(O)Cc2c(O)c3c(c(O)c2[C@H](OC2CC(N)C(O)C(C)O2)C1)C(=O)c1c(OC)cccc1C3=O. The summed E-state index contributed by atoms with van der Waals surface area (Å²) in [6.45, 7) is 3.19. The maximum absolute atomic E-state index is 13.7. The van der Waals surface area contributed by atoms with E-state index in [9.17, 15) is 34.8 Å². The Hall–Kier alpha value is -3.35. The summed E-state index contributed by atoms with van der Waals surface area (Å²) < 4.78 is 17.1. The number of fused-ring (bicyclic) bond motifs is 3. The molecule has 3 aliphatic rings. The Kier molecular flexibility index (Phi) is 6.76. The summed E-state index contributed by atoms with van der Waals surface area (Å²) in [5, 5.41) is 44.5. The highest BCUT2D eigenvalue weighted by Gasteiger charge is 2.49. The van der Waals surface area contributed by atoms with Crippen molar-refractivity contribution in [1.29, 1.82) is 0 Å². The molecule has 0 aromatic heterocycles. The van der Waals surface area contributed by atoms with Crippen molar-refractivity contribution in [2.24, 2.45) is 5.73 Å². The molecule has 0 saturated carbocycles. The standard InChI is InChI=1S/C28H31NO10/c1-4-17(30)28(36)9-13-20(16(10-28)39-18-8-14(29)23(31)11(2)38-18)27(35)22-21(25(13)33)24(32)12-6-5-7-15(37-3)19(12)26(22)34/h5-7,11,14,16,18,23,31,33,35-36H,4,8-10,29H2,1-3H3/t11?,14?,16-,18?,23?,28?/m1/s1. The molecule has 1 aliphatic heterocycles. The number of nitrogens with two attached hydrogens (primary N) is 1. The van der Waals surface area contributed by atoms with Crippen LogP contribution in [0.3, 0.4) is 0 Å². The molecule has 6 N–H and O–H groups in total. The number of rotatable bonds is 5. The molecule has 0 amide bonds. The third-order valence-corrected chi connectivity index (χ3v) is 7.98. The average Bonchev–Trinajstić information content (AvgIpc) is 2.90. The number of hydrogen-bond donors (Lipinski definition) is 5. The minimum Gasteiger partial charge on any atom is -0.507 e. The number of ether oxygens (including phenoxy) is 3. The van der Waals surface area contributed by atoms with E-state index in [1.165, 1.54) is 25.3 Å². The number of carbonyl (C=O) groups excluding carboxylic acids is 3. The molecule has 0 bridgehead atoms. The molecule has 2 aromatic carbocycles. The van der Waals surface area contributed by atoms with E-state index in [0.29, 0.717) is 0 Å². The van der Waals surface area contributed by atoms with E-state index < -0.39 is 82.6 Å². The lowest BCUT2D eigenvalue weighted by atomic mass is 9.71. The van der Waals surface area contributed by atoms with Crippen LogP contribution in [0.2, 0.25) is 0 Å². The van der Waals surface area contributed by atoms with Gasteiger partial charge in [0.25, 0.3) is 0 Å². The number of ketones is 3. The van der Waals surface area contributed by atoms with Crippen molar-refractivity contribution in [3.8, 4) is 17.2 Å². The third-order valence-electron chi connectivity index (χ3n) is 7.98. The van der Waals surface area contributed by atoms with Crippen LogP contribution in [0, 0.1) is 0 Å². The number of phenols is 2. The third kappa shape index (κ3) is 4.12. The normalized spacial score (nSPS) is 29.8. The molecule has 5 rings (SSSR count). The van der Waals surface area contributed by atoms with Crippen molar-refractivity contribution in [2.45, 2.75) is 75.8 Å². The first-order valence-electron chi connectivity index (χ1n) is 12.8. The molecule has 1 saturated heterocycles. The molecular formula is C28H31NO10. The van der Waals surface area contributed by atoms with Gasteiger partial charge in [-0.3, -0.25) is 14.4 Å². The second-order valence-electron chi connectivity index (χ2n) is 10.4. The van der Waals surface area contributed by atoms with E-state index >= 15 is 0 Å². The van der Waals surface area contributed by atoms with Crippen molar-refractivity contribution in [3.63, 3.8) is 0 Å². The van der Waals surface area contributed by atoms with Gasteiger partial charge in [0.1, 0.15) is 22.8 Å². The quantitative estimate of drug-likeness (QED) is 0.294. The second kappa shape index (κ2) is 9.68. The monoisotopic (exact) mass is 541 g/mol. The lowest BCUT2D eigenvalue weighted by Crippen LogP contribution is -2.52. The van der Waals surface area contributed by atoms with E-state index in [2.05, 4.69) is 0 Å². The molecule has 11 heteroatoms. The Morgan fingerprint density at radius 2 is 1.85 bits per heavy atom. The topological polar surface area (TPSA) is 186 Å². The number of benzene rings is 2. The van der Waals surface area contributed by atoms with Gasteiger partial charge in [-0.1, -0.05) is 19.1 Å². The van der Waals surface area contributed by atoms with Gasteiger partial charge in [0.05, 0.1) is 42.1 Å². The van der Waals surface area contributed by atoms with E-state index in [1.54, 1.807) is 13.8 Å². The van der Waals surface area contributed by atoms with Crippen LogP contribution in [0.5, 0.6) is 17.2 Å². The number of methoxy groups -OCH3 is 1. The Balaban J connectivity index is 1.69. The highest BCUT2D eigenvalue weighted by atomic mass is 16.7. The molecule has 208 valence electrons. The maximum Gasteiger partial charge on any atom is 0.202 e. The summed E-state index contributed by atoms with van der Waals surface area (Å²) in [6.07, 6.45) is -4.53. The molecule has 2 aliphatic carbocycles. The van der Waals surface area contributed by atoms with Crippen molar-refractivity contribution >= 4 is 17.3 Å². The summed E-state index contributed by atoms with van der Waals surface area (Å²) >= 11 is 0. The van der Waals surface area contributed by atoms with Crippen molar-refractivity contribution in [2.75, 3.05) is 7.11 Å². The van der Waals surface area contributed by atoms with Crippen LogP contribution in [-0.4, -0.2) is 75.0 Å². The number of aromatic hydroxyl groups is 2. The van der Waals surface area contributed by atoms with E-state index in [0.717, 1.165) is 0 Å². The Bertz CT molecular complexity index is 1380.